The van der Waals surface area contributed by atoms with Crippen LogP contribution in [0.3, 0.4) is 0 Å². The number of hydrogen-bond acceptors (Lipinski definition) is 4. The van der Waals surface area contributed by atoms with E-state index in [1.165, 1.54) is 12.1 Å². The molecule has 0 saturated carbocycles. The molecular formula is C13H20N2O3S. The van der Waals surface area contributed by atoms with E-state index < -0.39 is 9.84 Å². The minimum absolute atomic E-state index is 0.165. The van der Waals surface area contributed by atoms with Crippen molar-refractivity contribution in [3.8, 4) is 0 Å². The van der Waals surface area contributed by atoms with E-state index in [-0.39, 0.29) is 10.8 Å². The second-order valence-corrected chi connectivity index (χ2v) is 6.48. The van der Waals surface area contributed by atoms with Crippen LogP contribution < -0.4 is 10.6 Å². The van der Waals surface area contributed by atoms with Crippen LogP contribution in [-0.4, -0.2) is 40.7 Å². The monoisotopic (exact) mass is 284 g/mol. The summed E-state index contributed by atoms with van der Waals surface area (Å²) in [7, 11) is -1.45. The molecule has 0 unspecified atom stereocenters. The minimum atomic E-state index is -3.29. The summed E-state index contributed by atoms with van der Waals surface area (Å²) in [5.41, 5.74) is 1.17. The zero-order valence-electron chi connectivity index (χ0n) is 11.5. The molecule has 0 aliphatic rings. The molecule has 1 aromatic rings. The van der Waals surface area contributed by atoms with E-state index in [1.807, 2.05) is 7.05 Å². The largest absolute Gasteiger partial charge is 0.352 e. The lowest BCUT2D eigenvalue weighted by atomic mass is 10.1. The second-order valence-electron chi connectivity index (χ2n) is 4.46. The Kier molecular flexibility index (Phi) is 5.50. The summed E-state index contributed by atoms with van der Waals surface area (Å²) < 4.78 is 23.0. The summed E-state index contributed by atoms with van der Waals surface area (Å²) >= 11 is 0. The summed E-state index contributed by atoms with van der Waals surface area (Å²) in [4.78, 5) is 12.1. The fourth-order valence-electron chi connectivity index (χ4n) is 1.64. The van der Waals surface area contributed by atoms with Crippen molar-refractivity contribution in [3.05, 3.63) is 29.3 Å². The molecule has 0 saturated heterocycles. The topological polar surface area (TPSA) is 75.3 Å². The van der Waals surface area contributed by atoms with Gasteiger partial charge in [0.05, 0.1) is 4.90 Å². The summed E-state index contributed by atoms with van der Waals surface area (Å²) in [5.74, 6) is -0.237. The Labute approximate surface area is 114 Å². The average Bonchev–Trinajstić information content (AvgIpc) is 2.33. The number of carbonyl (C=O) groups excluding carboxylic acids is 1. The highest BCUT2D eigenvalue weighted by Crippen LogP contribution is 2.15. The number of rotatable bonds is 6. The van der Waals surface area contributed by atoms with Crippen molar-refractivity contribution >= 4 is 15.7 Å². The third kappa shape index (κ3) is 4.65. The molecule has 0 aliphatic heterocycles. The number of carbonyl (C=O) groups is 1. The number of sulfone groups is 1. The standard InChI is InChI=1S/C13H20N2O3S/c1-10-5-6-11(19(3,17)18)9-12(10)13(16)15-8-4-7-14-2/h5-6,9,14H,4,7-8H2,1-3H3,(H,15,16). The van der Waals surface area contributed by atoms with E-state index in [0.29, 0.717) is 12.1 Å². The van der Waals surface area contributed by atoms with E-state index >= 15 is 0 Å². The highest BCUT2D eigenvalue weighted by molar-refractivity contribution is 7.90. The molecule has 0 aliphatic carbocycles. The summed E-state index contributed by atoms with van der Waals surface area (Å²) in [6.45, 7) is 3.17. The fraction of sp³-hybridized carbons (Fsp3) is 0.462. The Morgan fingerprint density at radius 1 is 1.26 bits per heavy atom. The first-order valence-electron chi connectivity index (χ1n) is 6.09. The molecule has 0 aromatic heterocycles. The molecule has 0 atom stereocenters. The van der Waals surface area contributed by atoms with Gasteiger partial charge in [0.2, 0.25) is 0 Å². The number of hydrogen-bond donors (Lipinski definition) is 2. The van der Waals surface area contributed by atoms with Gasteiger partial charge in [-0.15, -0.1) is 0 Å². The van der Waals surface area contributed by atoms with E-state index in [2.05, 4.69) is 10.6 Å². The first kappa shape index (κ1) is 15.7. The molecule has 0 fully saturated rings. The van der Waals surface area contributed by atoms with Crippen molar-refractivity contribution in [1.29, 1.82) is 0 Å². The van der Waals surface area contributed by atoms with E-state index in [1.54, 1.807) is 13.0 Å². The molecular weight excluding hydrogens is 264 g/mol. The van der Waals surface area contributed by atoms with Crippen LogP contribution in [0.1, 0.15) is 22.3 Å². The van der Waals surface area contributed by atoms with Crippen molar-refractivity contribution in [2.75, 3.05) is 26.4 Å². The molecule has 6 heteroatoms. The zero-order valence-corrected chi connectivity index (χ0v) is 12.3. The maximum atomic E-state index is 12.0. The van der Waals surface area contributed by atoms with Crippen molar-refractivity contribution in [1.82, 2.24) is 10.6 Å². The molecule has 106 valence electrons. The molecule has 19 heavy (non-hydrogen) atoms. The normalized spacial score (nSPS) is 11.3. The van der Waals surface area contributed by atoms with Gasteiger partial charge >= 0.3 is 0 Å². The lowest BCUT2D eigenvalue weighted by Gasteiger charge is -2.09. The molecule has 0 heterocycles. The smallest absolute Gasteiger partial charge is 0.251 e. The quantitative estimate of drug-likeness (QED) is 0.756. The Morgan fingerprint density at radius 3 is 2.53 bits per heavy atom. The van der Waals surface area contributed by atoms with Gasteiger partial charge in [0.1, 0.15) is 0 Å². The average molecular weight is 284 g/mol. The maximum Gasteiger partial charge on any atom is 0.251 e. The van der Waals surface area contributed by atoms with Crippen LogP contribution >= 0.6 is 0 Å². The number of nitrogens with one attached hydrogen (secondary N) is 2. The summed E-state index contributed by atoms with van der Waals surface area (Å²) in [6, 6.07) is 4.60. The third-order valence-corrected chi connectivity index (χ3v) is 3.88. The first-order valence-corrected chi connectivity index (χ1v) is 7.99. The molecule has 5 nitrogen and oxygen atoms in total. The van der Waals surface area contributed by atoms with Gasteiger partial charge in [-0.3, -0.25) is 4.79 Å². The van der Waals surface area contributed by atoms with Crippen molar-refractivity contribution < 1.29 is 13.2 Å². The lowest BCUT2D eigenvalue weighted by molar-refractivity contribution is 0.0952. The highest BCUT2D eigenvalue weighted by atomic mass is 32.2. The molecule has 1 aromatic carbocycles. The van der Waals surface area contributed by atoms with Gasteiger partial charge in [-0.2, -0.15) is 0 Å². The van der Waals surface area contributed by atoms with Gasteiger partial charge in [-0.05, 0) is 44.6 Å². The van der Waals surface area contributed by atoms with Gasteiger partial charge < -0.3 is 10.6 Å². The summed E-state index contributed by atoms with van der Waals surface area (Å²) in [6.07, 6.45) is 1.96. The Morgan fingerprint density at radius 2 is 1.95 bits per heavy atom. The van der Waals surface area contributed by atoms with Crippen LogP contribution in [0.15, 0.2) is 23.1 Å². The lowest BCUT2D eigenvalue weighted by Crippen LogP contribution is -2.27. The van der Waals surface area contributed by atoms with Crippen molar-refractivity contribution in [2.45, 2.75) is 18.2 Å². The molecule has 0 spiro atoms. The molecule has 1 amide bonds. The number of amides is 1. The Balaban J connectivity index is 2.84. The Bertz CT molecular complexity index is 553. The third-order valence-electron chi connectivity index (χ3n) is 2.77. The van der Waals surface area contributed by atoms with Gasteiger partial charge in [0.15, 0.2) is 9.84 Å². The van der Waals surface area contributed by atoms with E-state index in [4.69, 9.17) is 0 Å². The van der Waals surface area contributed by atoms with E-state index in [0.717, 1.165) is 24.8 Å². The van der Waals surface area contributed by atoms with Crippen LogP contribution in [0.2, 0.25) is 0 Å². The predicted molar refractivity (Wildman–Crippen MR) is 75.2 cm³/mol. The van der Waals surface area contributed by atoms with Crippen LogP contribution in [0, 0.1) is 6.92 Å². The predicted octanol–water partition coefficient (Wildman–Crippen LogP) is 0.738. The van der Waals surface area contributed by atoms with Crippen LogP contribution in [0.5, 0.6) is 0 Å². The van der Waals surface area contributed by atoms with Gasteiger partial charge in [0, 0.05) is 18.4 Å². The second kappa shape index (κ2) is 6.68. The minimum Gasteiger partial charge on any atom is -0.352 e. The van der Waals surface area contributed by atoms with Crippen LogP contribution in [0.4, 0.5) is 0 Å². The number of aryl methyl sites for hydroxylation is 1. The van der Waals surface area contributed by atoms with Gasteiger partial charge in [0.25, 0.3) is 5.91 Å². The summed E-state index contributed by atoms with van der Waals surface area (Å²) in [5, 5.41) is 5.77. The van der Waals surface area contributed by atoms with Crippen molar-refractivity contribution in [3.63, 3.8) is 0 Å². The SMILES string of the molecule is CNCCCNC(=O)c1cc(S(C)(=O)=O)ccc1C. The Hall–Kier alpha value is -1.40. The van der Waals surface area contributed by atoms with Crippen molar-refractivity contribution in [2.24, 2.45) is 0 Å². The molecule has 0 bridgehead atoms. The number of benzene rings is 1. The molecule has 1 rings (SSSR count). The van der Waals surface area contributed by atoms with Crippen LogP contribution in [-0.2, 0) is 9.84 Å². The maximum absolute atomic E-state index is 12.0. The first-order chi connectivity index (χ1) is 8.86. The van der Waals surface area contributed by atoms with Gasteiger partial charge in [-0.1, -0.05) is 6.07 Å². The molecule has 0 radical (unpaired) electrons. The molecule has 2 N–H and O–H groups in total. The van der Waals surface area contributed by atoms with Gasteiger partial charge in [-0.25, -0.2) is 8.42 Å². The fourth-order valence-corrected chi connectivity index (χ4v) is 2.29. The van der Waals surface area contributed by atoms with E-state index in [9.17, 15) is 13.2 Å². The highest BCUT2D eigenvalue weighted by Gasteiger charge is 2.13. The zero-order chi connectivity index (χ0) is 14.5. The van der Waals surface area contributed by atoms with Crippen LogP contribution in [0.25, 0.3) is 0 Å².